The highest BCUT2D eigenvalue weighted by Crippen LogP contribution is 2.23. The molecule has 0 bridgehead atoms. The summed E-state index contributed by atoms with van der Waals surface area (Å²) in [5.41, 5.74) is 1.66. The predicted octanol–water partition coefficient (Wildman–Crippen LogP) is 2.54. The van der Waals surface area contributed by atoms with Crippen molar-refractivity contribution in [3.05, 3.63) is 24.3 Å². The van der Waals surface area contributed by atoms with E-state index in [9.17, 15) is 9.59 Å². The average molecular weight is 311 g/mol. The van der Waals surface area contributed by atoms with Gasteiger partial charge in [0.15, 0.2) is 0 Å². The molecule has 0 atom stereocenters. The van der Waals surface area contributed by atoms with Gasteiger partial charge in [0.1, 0.15) is 0 Å². The zero-order chi connectivity index (χ0) is 13.0. The Morgan fingerprint density at radius 2 is 2.06 bits per heavy atom. The molecule has 2 amide bonds. The molecule has 1 aromatic rings. The minimum absolute atomic E-state index is 0.0168. The molecule has 1 aliphatic rings. The standard InChI is InChI=1S/C13H15BrN2O2/c14-8-7-12(17)15-10-3-5-11(6-4-10)16-9-1-2-13(16)18/h3-6H,1-2,7-9H2,(H,15,17). The number of alkyl halides is 1. The number of amides is 2. The van der Waals surface area contributed by atoms with Gasteiger partial charge in [-0.25, -0.2) is 0 Å². The number of hydrogen-bond donors (Lipinski definition) is 1. The second-order valence-corrected chi connectivity index (χ2v) is 4.98. The van der Waals surface area contributed by atoms with Crippen LogP contribution in [0.1, 0.15) is 19.3 Å². The Morgan fingerprint density at radius 1 is 1.33 bits per heavy atom. The minimum Gasteiger partial charge on any atom is -0.326 e. The first kappa shape index (κ1) is 13.1. The molecule has 1 aromatic carbocycles. The molecule has 1 fully saturated rings. The molecular formula is C13H15BrN2O2. The highest BCUT2D eigenvalue weighted by Gasteiger charge is 2.21. The van der Waals surface area contributed by atoms with Crippen molar-refractivity contribution >= 4 is 39.1 Å². The second-order valence-electron chi connectivity index (χ2n) is 4.18. The largest absolute Gasteiger partial charge is 0.326 e. The third-order valence-corrected chi connectivity index (χ3v) is 3.25. The van der Waals surface area contributed by atoms with E-state index in [2.05, 4.69) is 21.2 Å². The third-order valence-electron chi connectivity index (χ3n) is 2.86. The number of nitrogens with one attached hydrogen (secondary N) is 1. The maximum absolute atomic E-state index is 11.6. The molecule has 96 valence electrons. The van der Waals surface area contributed by atoms with Gasteiger partial charge in [-0.3, -0.25) is 9.59 Å². The number of nitrogens with zero attached hydrogens (tertiary/aromatic N) is 1. The molecule has 0 aromatic heterocycles. The second kappa shape index (κ2) is 6.00. The molecule has 0 saturated carbocycles. The molecule has 0 unspecified atom stereocenters. The summed E-state index contributed by atoms with van der Waals surface area (Å²) in [4.78, 5) is 24.8. The topological polar surface area (TPSA) is 49.4 Å². The Labute approximate surface area is 114 Å². The van der Waals surface area contributed by atoms with Gasteiger partial charge in [-0.1, -0.05) is 15.9 Å². The van der Waals surface area contributed by atoms with Crippen LogP contribution < -0.4 is 10.2 Å². The summed E-state index contributed by atoms with van der Waals surface area (Å²) < 4.78 is 0. The van der Waals surface area contributed by atoms with Crippen molar-refractivity contribution in [3.8, 4) is 0 Å². The van der Waals surface area contributed by atoms with Crippen molar-refractivity contribution in [1.29, 1.82) is 0 Å². The molecule has 1 N–H and O–H groups in total. The number of carbonyl (C=O) groups is 2. The summed E-state index contributed by atoms with van der Waals surface area (Å²) in [5, 5.41) is 3.45. The summed E-state index contributed by atoms with van der Waals surface area (Å²) in [6, 6.07) is 7.39. The molecule has 0 spiro atoms. The van der Waals surface area contributed by atoms with Gasteiger partial charge < -0.3 is 10.2 Å². The lowest BCUT2D eigenvalue weighted by Crippen LogP contribution is -2.23. The minimum atomic E-state index is -0.0168. The van der Waals surface area contributed by atoms with E-state index in [-0.39, 0.29) is 11.8 Å². The van der Waals surface area contributed by atoms with Crippen LogP contribution in [0.3, 0.4) is 0 Å². The Hall–Kier alpha value is -1.36. The summed E-state index contributed by atoms with van der Waals surface area (Å²) in [6.45, 7) is 0.786. The van der Waals surface area contributed by atoms with Gasteiger partial charge in [0.05, 0.1) is 0 Å². The lowest BCUT2D eigenvalue weighted by molar-refractivity contribution is -0.117. The Balaban J connectivity index is 2.01. The maximum atomic E-state index is 11.6. The van der Waals surface area contributed by atoms with Gasteiger partial charge in [0.25, 0.3) is 0 Å². The summed E-state index contributed by atoms with van der Waals surface area (Å²) in [7, 11) is 0. The summed E-state index contributed by atoms with van der Waals surface area (Å²) in [6.07, 6.45) is 2.00. The Kier molecular flexibility index (Phi) is 4.36. The van der Waals surface area contributed by atoms with Crippen LogP contribution in [-0.4, -0.2) is 23.7 Å². The number of hydrogen-bond acceptors (Lipinski definition) is 2. The van der Waals surface area contributed by atoms with Crippen LogP contribution in [0.25, 0.3) is 0 Å². The van der Waals surface area contributed by atoms with E-state index in [1.165, 1.54) is 0 Å². The first-order chi connectivity index (χ1) is 8.70. The van der Waals surface area contributed by atoms with E-state index in [0.29, 0.717) is 18.2 Å². The van der Waals surface area contributed by atoms with E-state index >= 15 is 0 Å². The first-order valence-electron chi connectivity index (χ1n) is 5.97. The first-order valence-corrected chi connectivity index (χ1v) is 7.09. The molecule has 1 heterocycles. The predicted molar refractivity (Wildman–Crippen MR) is 75.1 cm³/mol. The van der Waals surface area contributed by atoms with Crippen molar-refractivity contribution in [1.82, 2.24) is 0 Å². The van der Waals surface area contributed by atoms with Crippen LogP contribution in [0.4, 0.5) is 11.4 Å². The molecule has 1 saturated heterocycles. The van der Waals surface area contributed by atoms with Crippen molar-refractivity contribution in [2.45, 2.75) is 19.3 Å². The van der Waals surface area contributed by atoms with Crippen LogP contribution in [-0.2, 0) is 9.59 Å². The lowest BCUT2D eigenvalue weighted by atomic mass is 10.2. The van der Waals surface area contributed by atoms with Crippen molar-refractivity contribution in [2.75, 3.05) is 22.1 Å². The van der Waals surface area contributed by atoms with Crippen LogP contribution >= 0.6 is 15.9 Å². The van der Waals surface area contributed by atoms with Gasteiger partial charge >= 0.3 is 0 Å². The van der Waals surface area contributed by atoms with E-state index in [4.69, 9.17) is 0 Å². The zero-order valence-corrected chi connectivity index (χ0v) is 11.6. The fourth-order valence-electron chi connectivity index (χ4n) is 1.96. The third kappa shape index (κ3) is 3.10. The van der Waals surface area contributed by atoms with Crippen molar-refractivity contribution in [2.24, 2.45) is 0 Å². The molecule has 2 rings (SSSR count). The van der Waals surface area contributed by atoms with Crippen LogP contribution in [0.15, 0.2) is 24.3 Å². The fraction of sp³-hybridized carbons (Fsp3) is 0.385. The number of anilines is 2. The summed E-state index contributed by atoms with van der Waals surface area (Å²) in [5.74, 6) is 0.156. The van der Waals surface area contributed by atoms with Crippen molar-refractivity contribution in [3.63, 3.8) is 0 Å². The normalized spacial score (nSPS) is 14.9. The quantitative estimate of drug-likeness (QED) is 0.869. The van der Waals surface area contributed by atoms with Gasteiger partial charge in [-0.2, -0.15) is 0 Å². The van der Waals surface area contributed by atoms with E-state index in [1.807, 2.05) is 24.3 Å². The zero-order valence-electron chi connectivity index (χ0n) is 9.99. The van der Waals surface area contributed by atoms with E-state index in [0.717, 1.165) is 24.3 Å². The van der Waals surface area contributed by atoms with Gasteiger partial charge in [0.2, 0.25) is 11.8 Å². The van der Waals surface area contributed by atoms with Crippen LogP contribution in [0, 0.1) is 0 Å². The highest BCUT2D eigenvalue weighted by molar-refractivity contribution is 9.09. The monoisotopic (exact) mass is 310 g/mol. The molecule has 5 heteroatoms. The van der Waals surface area contributed by atoms with Crippen LogP contribution in [0.2, 0.25) is 0 Å². The number of rotatable bonds is 4. The van der Waals surface area contributed by atoms with Gasteiger partial charge in [-0.15, -0.1) is 0 Å². The lowest BCUT2D eigenvalue weighted by Gasteiger charge is -2.16. The van der Waals surface area contributed by atoms with Crippen LogP contribution in [0.5, 0.6) is 0 Å². The fourth-order valence-corrected chi connectivity index (χ4v) is 2.32. The molecule has 0 aliphatic carbocycles. The highest BCUT2D eigenvalue weighted by atomic mass is 79.9. The number of halogens is 1. The molecule has 18 heavy (non-hydrogen) atoms. The molecule has 0 radical (unpaired) electrons. The SMILES string of the molecule is O=C(CCBr)Nc1ccc(N2CCCC2=O)cc1. The summed E-state index contributed by atoms with van der Waals surface area (Å²) >= 11 is 3.22. The van der Waals surface area contributed by atoms with Crippen molar-refractivity contribution < 1.29 is 9.59 Å². The smallest absolute Gasteiger partial charge is 0.227 e. The maximum Gasteiger partial charge on any atom is 0.227 e. The van der Waals surface area contributed by atoms with E-state index in [1.54, 1.807) is 4.90 Å². The average Bonchev–Trinajstić information content (AvgIpc) is 2.77. The van der Waals surface area contributed by atoms with Gasteiger partial charge in [0, 0.05) is 36.1 Å². The molecule has 4 nitrogen and oxygen atoms in total. The Morgan fingerprint density at radius 3 is 2.61 bits per heavy atom. The van der Waals surface area contributed by atoms with E-state index < -0.39 is 0 Å². The Bertz CT molecular complexity index is 445. The molecular weight excluding hydrogens is 296 g/mol. The van der Waals surface area contributed by atoms with Gasteiger partial charge in [-0.05, 0) is 30.7 Å². The number of benzene rings is 1. The number of carbonyl (C=O) groups excluding carboxylic acids is 2. The molecule has 1 aliphatic heterocycles.